The van der Waals surface area contributed by atoms with Gasteiger partial charge < -0.3 is 10.6 Å². The molecule has 122 valence electrons. The molecule has 1 unspecified atom stereocenters. The lowest BCUT2D eigenvalue weighted by Gasteiger charge is -2.33. The van der Waals surface area contributed by atoms with Crippen molar-refractivity contribution in [1.29, 1.82) is 0 Å². The van der Waals surface area contributed by atoms with E-state index in [9.17, 15) is 13.2 Å². The molecule has 2 rings (SSSR count). The first kappa shape index (κ1) is 16.7. The van der Waals surface area contributed by atoms with Crippen LogP contribution in [0.4, 0.5) is 0 Å². The van der Waals surface area contributed by atoms with E-state index < -0.39 is 10.0 Å². The molecule has 1 amide bonds. The molecule has 2 fully saturated rings. The van der Waals surface area contributed by atoms with Crippen LogP contribution in [0.25, 0.3) is 0 Å². The zero-order chi connectivity index (χ0) is 15.5. The van der Waals surface area contributed by atoms with E-state index in [4.69, 9.17) is 5.73 Å². The second kappa shape index (κ2) is 7.07. The Kier molecular flexibility index (Phi) is 5.62. The van der Waals surface area contributed by atoms with Gasteiger partial charge >= 0.3 is 0 Å². The van der Waals surface area contributed by atoms with Crippen molar-refractivity contribution in [2.24, 2.45) is 17.6 Å². The molecule has 0 bridgehead atoms. The van der Waals surface area contributed by atoms with Gasteiger partial charge in [-0.05, 0) is 37.5 Å². The number of nitrogens with two attached hydrogens (primary N) is 1. The zero-order valence-electron chi connectivity index (χ0n) is 12.8. The predicted molar refractivity (Wildman–Crippen MR) is 82.1 cm³/mol. The van der Waals surface area contributed by atoms with E-state index in [0.717, 1.165) is 38.6 Å². The molecule has 0 radical (unpaired) electrons. The van der Waals surface area contributed by atoms with Gasteiger partial charge in [0.1, 0.15) is 0 Å². The first-order valence-electron chi connectivity index (χ1n) is 7.83. The molecule has 2 aliphatic rings. The van der Waals surface area contributed by atoms with E-state index in [0.29, 0.717) is 25.4 Å². The number of nitrogens with one attached hydrogen (secondary N) is 1. The summed E-state index contributed by atoms with van der Waals surface area (Å²) >= 11 is 0. The Morgan fingerprint density at radius 2 is 2.05 bits per heavy atom. The van der Waals surface area contributed by atoms with Crippen LogP contribution in [0, 0.1) is 11.8 Å². The maximum atomic E-state index is 12.4. The van der Waals surface area contributed by atoms with Crippen LogP contribution in [0.3, 0.4) is 0 Å². The lowest BCUT2D eigenvalue weighted by atomic mass is 9.95. The maximum absolute atomic E-state index is 12.4. The van der Waals surface area contributed by atoms with E-state index >= 15 is 0 Å². The van der Waals surface area contributed by atoms with Gasteiger partial charge in [0.2, 0.25) is 15.9 Å². The number of hydrogen-bond donors (Lipinski definition) is 2. The van der Waals surface area contributed by atoms with Crippen LogP contribution in [-0.2, 0) is 14.8 Å². The molecule has 0 aromatic heterocycles. The molecule has 1 saturated carbocycles. The van der Waals surface area contributed by atoms with Crippen molar-refractivity contribution in [3.05, 3.63) is 0 Å². The average molecular weight is 317 g/mol. The molecule has 7 heteroatoms. The molecule has 0 aromatic rings. The quantitative estimate of drug-likeness (QED) is 0.762. The molecule has 1 aliphatic carbocycles. The summed E-state index contributed by atoms with van der Waals surface area (Å²) in [6, 6.07) is 0.168. The molecule has 3 N–H and O–H groups in total. The van der Waals surface area contributed by atoms with E-state index in [1.165, 1.54) is 6.26 Å². The van der Waals surface area contributed by atoms with Gasteiger partial charge in [0.15, 0.2) is 0 Å². The third-order valence-electron chi connectivity index (χ3n) is 4.66. The molecule has 3 atom stereocenters. The fraction of sp³-hybridized carbons (Fsp3) is 0.929. The van der Waals surface area contributed by atoms with Crippen LogP contribution in [0.15, 0.2) is 0 Å². The summed E-state index contributed by atoms with van der Waals surface area (Å²) in [4.78, 5) is 14.3. The lowest BCUT2D eigenvalue weighted by Crippen LogP contribution is -2.44. The number of piperidine rings is 1. The number of sulfonamides is 1. The molecule has 0 spiro atoms. The molecule has 1 aliphatic heterocycles. The zero-order valence-corrected chi connectivity index (χ0v) is 13.6. The Balaban J connectivity index is 1.81. The Morgan fingerprint density at radius 1 is 1.29 bits per heavy atom. The normalized spacial score (nSPS) is 30.6. The van der Waals surface area contributed by atoms with Gasteiger partial charge in [0, 0.05) is 32.1 Å². The van der Waals surface area contributed by atoms with E-state index in [1.54, 1.807) is 0 Å². The van der Waals surface area contributed by atoms with Gasteiger partial charge in [-0.3, -0.25) is 4.79 Å². The third kappa shape index (κ3) is 5.23. The minimum absolute atomic E-state index is 0.168. The SMILES string of the molecule is CS(=O)(=O)NCC1CCCN(C(=O)C[C@@H]2CCC[C@H]2N)C1. The molecular formula is C14H27N3O3S. The van der Waals surface area contributed by atoms with Gasteiger partial charge in [-0.1, -0.05) is 6.42 Å². The Labute approximate surface area is 127 Å². The van der Waals surface area contributed by atoms with Crippen LogP contribution < -0.4 is 10.5 Å². The number of carbonyl (C=O) groups excluding carboxylic acids is 1. The Bertz CT molecular complexity index is 466. The van der Waals surface area contributed by atoms with Crippen molar-refractivity contribution < 1.29 is 13.2 Å². The molecule has 0 aromatic carbocycles. The van der Waals surface area contributed by atoms with Crippen molar-refractivity contribution in [2.45, 2.75) is 44.6 Å². The standard InChI is InChI=1S/C14H27N3O3S/c1-21(19,20)16-9-11-4-3-7-17(10-11)14(18)8-12-5-2-6-13(12)15/h11-13,16H,2-10,15H2,1H3/t11?,12-,13+/m0/s1. The molecule has 6 nitrogen and oxygen atoms in total. The number of hydrogen-bond acceptors (Lipinski definition) is 4. The third-order valence-corrected chi connectivity index (χ3v) is 5.35. The number of likely N-dealkylation sites (tertiary alicyclic amines) is 1. The molecule has 1 heterocycles. The van der Waals surface area contributed by atoms with Crippen molar-refractivity contribution in [2.75, 3.05) is 25.9 Å². The van der Waals surface area contributed by atoms with E-state index in [-0.39, 0.29) is 17.9 Å². The highest BCUT2D eigenvalue weighted by Gasteiger charge is 2.30. The minimum Gasteiger partial charge on any atom is -0.342 e. The summed E-state index contributed by atoms with van der Waals surface area (Å²) in [5.74, 6) is 0.725. The van der Waals surface area contributed by atoms with Crippen LogP contribution in [0.2, 0.25) is 0 Å². The second-order valence-corrected chi connectivity index (χ2v) is 8.36. The summed E-state index contributed by atoms with van der Waals surface area (Å²) in [6.45, 7) is 1.87. The van der Waals surface area contributed by atoms with Gasteiger partial charge in [-0.25, -0.2) is 13.1 Å². The number of amides is 1. The highest BCUT2D eigenvalue weighted by molar-refractivity contribution is 7.88. The predicted octanol–water partition coefficient (Wildman–Crippen LogP) is 0.292. The van der Waals surface area contributed by atoms with Gasteiger partial charge in [0.25, 0.3) is 0 Å². The maximum Gasteiger partial charge on any atom is 0.222 e. The molecular weight excluding hydrogens is 290 g/mol. The van der Waals surface area contributed by atoms with Crippen molar-refractivity contribution >= 4 is 15.9 Å². The Morgan fingerprint density at radius 3 is 2.67 bits per heavy atom. The van der Waals surface area contributed by atoms with Gasteiger partial charge in [-0.15, -0.1) is 0 Å². The van der Waals surface area contributed by atoms with E-state index in [2.05, 4.69) is 4.72 Å². The largest absolute Gasteiger partial charge is 0.342 e. The summed E-state index contributed by atoms with van der Waals surface area (Å²) < 4.78 is 24.8. The highest BCUT2D eigenvalue weighted by Crippen LogP contribution is 2.28. The number of nitrogens with zero attached hydrogens (tertiary/aromatic N) is 1. The average Bonchev–Trinajstić information content (AvgIpc) is 2.81. The number of rotatable bonds is 5. The monoisotopic (exact) mass is 317 g/mol. The van der Waals surface area contributed by atoms with Crippen molar-refractivity contribution in [3.8, 4) is 0 Å². The smallest absolute Gasteiger partial charge is 0.222 e. The summed E-state index contributed by atoms with van der Waals surface area (Å²) in [7, 11) is -3.16. The minimum atomic E-state index is -3.16. The summed E-state index contributed by atoms with van der Waals surface area (Å²) in [5, 5.41) is 0. The topological polar surface area (TPSA) is 92.5 Å². The Hall–Kier alpha value is -0.660. The summed E-state index contributed by atoms with van der Waals surface area (Å²) in [6.07, 6.45) is 6.83. The van der Waals surface area contributed by atoms with Crippen molar-refractivity contribution in [1.82, 2.24) is 9.62 Å². The first-order valence-corrected chi connectivity index (χ1v) is 9.72. The second-order valence-electron chi connectivity index (χ2n) is 6.53. The lowest BCUT2D eigenvalue weighted by molar-refractivity contribution is -0.134. The first-order chi connectivity index (χ1) is 9.85. The number of carbonyl (C=O) groups is 1. The van der Waals surface area contributed by atoms with Crippen LogP contribution in [0.5, 0.6) is 0 Å². The van der Waals surface area contributed by atoms with Crippen LogP contribution in [0.1, 0.15) is 38.5 Å². The van der Waals surface area contributed by atoms with Crippen LogP contribution in [-0.4, -0.2) is 51.2 Å². The van der Waals surface area contributed by atoms with Crippen molar-refractivity contribution in [3.63, 3.8) is 0 Å². The van der Waals surface area contributed by atoms with Gasteiger partial charge in [0.05, 0.1) is 6.26 Å². The highest BCUT2D eigenvalue weighted by atomic mass is 32.2. The van der Waals surface area contributed by atoms with Gasteiger partial charge in [-0.2, -0.15) is 0 Å². The fourth-order valence-electron chi connectivity index (χ4n) is 3.40. The fourth-order valence-corrected chi connectivity index (χ4v) is 3.94. The summed E-state index contributed by atoms with van der Waals surface area (Å²) in [5.41, 5.74) is 6.03. The molecule has 21 heavy (non-hydrogen) atoms. The van der Waals surface area contributed by atoms with Crippen LogP contribution >= 0.6 is 0 Å². The van der Waals surface area contributed by atoms with E-state index in [1.807, 2.05) is 4.90 Å². The molecule has 1 saturated heterocycles.